The molecule has 0 atom stereocenters. The average Bonchev–Trinajstić information content (AvgIpc) is 2.94. The van der Waals surface area contributed by atoms with Gasteiger partial charge in [0.1, 0.15) is 0 Å². The maximum absolute atomic E-state index is 11.9. The highest BCUT2D eigenvalue weighted by molar-refractivity contribution is 7.80. The lowest BCUT2D eigenvalue weighted by atomic mass is 10.0. The van der Waals surface area contributed by atoms with Crippen molar-refractivity contribution in [1.29, 1.82) is 0 Å². The van der Waals surface area contributed by atoms with Crippen molar-refractivity contribution in [3.8, 4) is 0 Å². The molecule has 1 amide bonds. The van der Waals surface area contributed by atoms with Crippen molar-refractivity contribution < 1.29 is 4.79 Å². The molecule has 1 aliphatic rings. The van der Waals surface area contributed by atoms with Gasteiger partial charge in [-0.05, 0) is 36.3 Å². The van der Waals surface area contributed by atoms with Crippen LogP contribution in [0, 0.1) is 11.3 Å². The molecule has 0 aliphatic heterocycles. The zero-order valence-electron chi connectivity index (χ0n) is 10.1. The summed E-state index contributed by atoms with van der Waals surface area (Å²) in [5.41, 5.74) is 0.256. The van der Waals surface area contributed by atoms with Crippen molar-refractivity contribution in [2.45, 2.75) is 39.5 Å². The number of rotatable bonds is 6. The average molecular weight is 229 g/mol. The second kappa shape index (κ2) is 5.24. The Hall–Kier alpha value is -0.180. The molecule has 0 unspecified atom stereocenters. The third-order valence-corrected chi connectivity index (χ3v) is 3.96. The highest BCUT2D eigenvalue weighted by Gasteiger charge is 2.43. The highest BCUT2D eigenvalue weighted by atomic mass is 32.1. The Kier molecular flexibility index (Phi) is 4.50. The van der Waals surface area contributed by atoms with Gasteiger partial charge in [0.2, 0.25) is 5.91 Å². The number of carbonyl (C=O) groups is 1. The summed E-state index contributed by atoms with van der Waals surface area (Å²) in [4.78, 5) is 13.7. The SMILES string of the molecule is CC(C)CCN(C)C(=O)CC1(CS)CC1. The van der Waals surface area contributed by atoms with Gasteiger partial charge in [-0.3, -0.25) is 4.79 Å². The fourth-order valence-electron chi connectivity index (χ4n) is 1.60. The maximum atomic E-state index is 11.9. The molecule has 0 aromatic heterocycles. The maximum Gasteiger partial charge on any atom is 0.222 e. The fourth-order valence-corrected chi connectivity index (χ4v) is 2.03. The summed E-state index contributed by atoms with van der Waals surface area (Å²) in [5, 5.41) is 0. The van der Waals surface area contributed by atoms with Crippen LogP contribution in [0.3, 0.4) is 0 Å². The van der Waals surface area contributed by atoms with Gasteiger partial charge in [0.05, 0.1) is 0 Å². The number of nitrogens with zero attached hydrogens (tertiary/aromatic N) is 1. The van der Waals surface area contributed by atoms with Gasteiger partial charge in [-0.15, -0.1) is 0 Å². The van der Waals surface area contributed by atoms with Crippen LogP contribution in [-0.4, -0.2) is 30.2 Å². The first kappa shape index (κ1) is 12.9. The largest absolute Gasteiger partial charge is 0.346 e. The van der Waals surface area contributed by atoms with E-state index >= 15 is 0 Å². The van der Waals surface area contributed by atoms with Crippen LogP contribution < -0.4 is 0 Å². The minimum Gasteiger partial charge on any atom is -0.346 e. The molecule has 1 aliphatic carbocycles. The van der Waals surface area contributed by atoms with E-state index in [0.29, 0.717) is 18.2 Å². The first-order valence-corrected chi connectivity index (χ1v) is 6.47. The van der Waals surface area contributed by atoms with Crippen molar-refractivity contribution in [3.63, 3.8) is 0 Å². The Morgan fingerprint density at radius 1 is 1.47 bits per heavy atom. The summed E-state index contributed by atoms with van der Waals surface area (Å²) < 4.78 is 0. The van der Waals surface area contributed by atoms with E-state index in [0.717, 1.165) is 18.7 Å². The fraction of sp³-hybridized carbons (Fsp3) is 0.917. The van der Waals surface area contributed by atoms with Crippen LogP contribution in [0.15, 0.2) is 0 Å². The molecule has 0 N–H and O–H groups in total. The summed E-state index contributed by atoms with van der Waals surface area (Å²) in [6, 6.07) is 0. The van der Waals surface area contributed by atoms with Crippen molar-refractivity contribution in [2.24, 2.45) is 11.3 Å². The quantitative estimate of drug-likeness (QED) is 0.694. The van der Waals surface area contributed by atoms with Gasteiger partial charge >= 0.3 is 0 Å². The zero-order valence-corrected chi connectivity index (χ0v) is 11.0. The third kappa shape index (κ3) is 4.06. The van der Waals surface area contributed by atoms with E-state index in [-0.39, 0.29) is 5.41 Å². The molecular formula is C12H23NOS. The van der Waals surface area contributed by atoms with Gasteiger partial charge in [0.25, 0.3) is 0 Å². The standard InChI is InChI=1S/C12H23NOS/c1-10(2)4-7-13(3)11(14)8-12(9-15)5-6-12/h10,15H,4-9H2,1-3H3. The molecular weight excluding hydrogens is 206 g/mol. The predicted octanol–water partition coefficient (Wildman–Crippen LogP) is 2.59. The predicted molar refractivity (Wildman–Crippen MR) is 67.2 cm³/mol. The van der Waals surface area contributed by atoms with Crippen molar-refractivity contribution in [1.82, 2.24) is 4.90 Å². The van der Waals surface area contributed by atoms with Crippen molar-refractivity contribution >= 4 is 18.5 Å². The lowest BCUT2D eigenvalue weighted by molar-refractivity contribution is -0.131. The molecule has 0 aromatic carbocycles. The molecule has 88 valence electrons. The molecule has 0 spiro atoms. The second-order valence-electron chi connectivity index (χ2n) is 5.33. The van der Waals surface area contributed by atoms with Crippen LogP contribution >= 0.6 is 12.6 Å². The Balaban J connectivity index is 2.27. The van der Waals surface area contributed by atoms with Crippen LogP contribution in [0.1, 0.15) is 39.5 Å². The van der Waals surface area contributed by atoms with E-state index in [1.165, 1.54) is 12.8 Å². The minimum absolute atomic E-state index is 0.256. The summed E-state index contributed by atoms with van der Waals surface area (Å²) in [5.74, 6) is 1.82. The molecule has 0 aromatic rings. The van der Waals surface area contributed by atoms with Crippen LogP contribution in [0.5, 0.6) is 0 Å². The first-order valence-electron chi connectivity index (χ1n) is 5.84. The Morgan fingerprint density at radius 3 is 2.47 bits per heavy atom. The van der Waals surface area contributed by atoms with E-state index < -0.39 is 0 Å². The van der Waals surface area contributed by atoms with E-state index in [9.17, 15) is 4.79 Å². The number of carbonyl (C=O) groups excluding carboxylic acids is 1. The third-order valence-electron chi connectivity index (χ3n) is 3.29. The molecule has 0 radical (unpaired) electrons. The van der Waals surface area contributed by atoms with Crippen LogP contribution in [0.4, 0.5) is 0 Å². The van der Waals surface area contributed by atoms with Crippen LogP contribution in [0.2, 0.25) is 0 Å². The lowest BCUT2D eigenvalue weighted by Gasteiger charge is -2.21. The molecule has 1 saturated carbocycles. The van der Waals surface area contributed by atoms with E-state index in [1.54, 1.807) is 0 Å². The molecule has 0 heterocycles. The second-order valence-corrected chi connectivity index (χ2v) is 5.65. The van der Waals surface area contributed by atoms with Gasteiger partial charge in [0.15, 0.2) is 0 Å². The Bertz CT molecular complexity index is 224. The molecule has 15 heavy (non-hydrogen) atoms. The number of thiol groups is 1. The summed E-state index contributed by atoms with van der Waals surface area (Å²) in [7, 11) is 1.92. The Labute approximate surface area is 98.8 Å². The minimum atomic E-state index is 0.256. The summed E-state index contributed by atoms with van der Waals surface area (Å²) >= 11 is 4.32. The van der Waals surface area contributed by atoms with E-state index in [2.05, 4.69) is 26.5 Å². The van der Waals surface area contributed by atoms with Gasteiger partial charge < -0.3 is 4.90 Å². The van der Waals surface area contributed by atoms with Crippen molar-refractivity contribution in [3.05, 3.63) is 0 Å². The monoisotopic (exact) mass is 229 g/mol. The highest BCUT2D eigenvalue weighted by Crippen LogP contribution is 2.49. The smallest absolute Gasteiger partial charge is 0.222 e. The normalized spacial score (nSPS) is 17.9. The number of hydrogen-bond acceptors (Lipinski definition) is 2. The van der Waals surface area contributed by atoms with E-state index in [4.69, 9.17) is 0 Å². The molecule has 3 heteroatoms. The summed E-state index contributed by atoms with van der Waals surface area (Å²) in [6.45, 7) is 5.27. The number of amides is 1. The molecule has 2 nitrogen and oxygen atoms in total. The first-order chi connectivity index (χ1) is 6.99. The number of hydrogen-bond donors (Lipinski definition) is 1. The topological polar surface area (TPSA) is 20.3 Å². The Morgan fingerprint density at radius 2 is 2.07 bits per heavy atom. The van der Waals surface area contributed by atoms with Crippen molar-refractivity contribution in [2.75, 3.05) is 19.3 Å². The van der Waals surface area contributed by atoms with Gasteiger partial charge in [-0.1, -0.05) is 13.8 Å². The molecule has 1 rings (SSSR count). The summed E-state index contributed by atoms with van der Waals surface area (Å²) in [6.07, 6.45) is 4.15. The van der Waals surface area contributed by atoms with Crippen LogP contribution in [0.25, 0.3) is 0 Å². The zero-order chi connectivity index (χ0) is 11.5. The van der Waals surface area contributed by atoms with E-state index in [1.807, 2.05) is 11.9 Å². The molecule has 1 fully saturated rings. The lowest BCUT2D eigenvalue weighted by Crippen LogP contribution is -2.30. The van der Waals surface area contributed by atoms with Gasteiger partial charge in [-0.25, -0.2) is 0 Å². The van der Waals surface area contributed by atoms with Gasteiger partial charge in [-0.2, -0.15) is 12.6 Å². The molecule has 0 saturated heterocycles. The molecule has 0 bridgehead atoms. The van der Waals surface area contributed by atoms with Crippen LogP contribution in [-0.2, 0) is 4.79 Å². The van der Waals surface area contributed by atoms with Gasteiger partial charge in [0, 0.05) is 20.0 Å².